The van der Waals surface area contributed by atoms with Crippen molar-refractivity contribution in [3.8, 4) is 0 Å². The van der Waals surface area contributed by atoms with Crippen molar-refractivity contribution in [1.29, 1.82) is 0 Å². The van der Waals surface area contributed by atoms with Gasteiger partial charge in [-0.1, -0.05) is 6.92 Å². The Balaban J connectivity index is 1.29. The molecule has 1 aromatic heterocycles. The summed E-state index contributed by atoms with van der Waals surface area (Å²) in [6.45, 7) is 18.0. The molecule has 42 heavy (non-hydrogen) atoms. The van der Waals surface area contributed by atoms with Crippen LogP contribution in [0.5, 0.6) is 0 Å². The smallest absolute Gasteiger partial charge is 0.227 e. The van der Waals surface area contributed by atoms with Crippen LogP contribution in [-0.2, 0) is 0 Å². The predicted molar refractivity (Wildman–Crippen MR) is 173 cm³/mol. The lowest BCUT2D eigenvalue weighted by atomic mass is 10.0. The van der Waals surface area contributed by atoms with Crippen LogP contribution in [0, 0.1) is 12.7 Å². The lowest BCUT2D eigenvalue weighted by Crippen LogP contribution is -2.50. The molecule has 0 unspecified atom stereocenters. The molecule has 4 rings (SSSR count). The second-order valence-electron chi connectivity index (χ2n) is 11.9. The van der Waals surface area contributed by atoms with Crippen molar-refractivity contribution < 1.29 is 4.39 Å². The number of hydrogen-bond donors (Lipinski definition) is 2. The molecule has 0 saturated carbocycles. The van der Waals surface area contributed by atoms with Gasteiger partial charge in [0.1, 0.15) is 5.82 Å². The quantitative estimate of drug-likeness (QED) is 0.359. The number of piperazine rings is 1. The van der Waals surface area contributed by atoms with E-state index in [0.29, 0.717) is 34.6 Å². The molecule has 2 saturated heterocycles. The van der Waals surface area contributed by atoms with Gasteiger partial charge in [-0.15, -0.1) is 0 Å². The Kier molecular flexibility index (Phi) is 11.7. The highest BCUT2D eigenvalue weighted by Crippen LogP contribution is 2.28. The second kappa shape index (κ2) is 15.4. The first-order chi connectivity index (χ1) is 20.3. The molecular formula is C32H50FN9. The molecule has 0 radical (unpaired) electrons. The molecule has 10 heteroatoms. The number of likely N-dealkylation sites (N-methyl/N-ethyl adjacent to an activating group) is 1. The van der Waals surface area contributed by atoms with Crippen LogP contribution in [0.4, 0.5) is 21.7 Å². The van der Waals surface area contributed by atoms with Crippen molar-refractivity contribution in [1.82, 2.24) is 24.7 Å². The fourth-order valence-corrected chi connectivity index (χ4v) is 5.76. The molecule has 2 fully saturated rings. The number of allylic oxidation sites excluding steroid dienone is 1. The molecule has 0 spiro atoms. The average molecular weight is 580 g/mol. The zero-order chi connectivity index (χ0) is 30.1. The van der Waals surface area contributed by atoms with E-state index >= 15 is 4.39 Å². The third kappa shape index (κ3) is 8.72. The Labute approximate surface area is 251 Å². The van der Waals surface area contributed by atoms with Gasteiger partial charge in [0, 0.05) is 94.3 Å². The third-order valence-corrected chi connectivity index (χ3v) is 8.34. The van der Waals surface area contributed by atoms with Gasteiger partial charge in [0.2, 0.25) is 5.95 Å². The molecule has 2 aromatic rings. The summed E-state index contributed by atoms with van der Waals surface area (Å²) >= 11 is 0. The predicted octanol–water partition coefficient (Wildman–Crippen LogP) is 4.37. The van der Waals surface area contributed by atoms with E-state index in [-0.39, 0.29) is 11.9 Å². The lowest BCUT2D eigenvalue weighted by molar-refractivity contribution is 0.111. The summed E-state index contributed by atoms with van der Waals surface area (Å²) in [4.78, 5) is 23.3. The molecule has 2 aliphatic rings. The number of aryl methyl sites for hydroxylation is 1. The van der Waals surface area contributed by atoms with E-state index in [1.165, 1.54) is 51.4 Å². The van der Waals surface area contributed by atoms with Crippen LogP contribution >= 0.6 is 0 Å². The fourth-order valence-electron chi connectivity index (χ4n) is 5.76. The van der Waals surface area contributed by atoms with E-state index in [1.54, 1.807) is 12.4 Å². The van der Waals surface area contributed by atoms with Gasteiger partial charge in [-0.05, 0) is 77.4 Å². The van der Waals surface area contributed by atoms with Crippen LogP contribution in [0.2, 0.25) is 0 Å². The Bertz CT molecular complexity index is 1200. The van der Waals surface area contributed by atoms with Gasteiger partial charge in [-0.3, -0.25) is 9.89 Å². The molecule has 2 aliphatic heterocycles. The van der Waals surface area contributed by atoms with Gasteiger partial charge in [-0.25, -0.2) is 14.4 Å². The molecule has 0 amide bonds. The second-order valence-corrected chi connectivity index (χ2v) is 11.9. The number of aliphatic imine (C=N–C) groups is 1. The van der Waals surface area contributed by atoms with Gasteiger partial charge >= 0.3 is 0 Å². The number of anilines is 3. The highest BCUT2D eigenvalue weighted by molar-refractivity contribution is 6.09. The van der Waals surface area contributed by atoms with Crippen LogP contribution in [0.15, 0.2) is 35.6 Å². The standard InChI is InChI=1S/C32H50FN9/c1-6-11-40-16-18-41(19-17-40)15-14-39(5)28-9-12-42(13-10-28)30-8-7-27(20-29(30)33)37-32-36-22-25(4)31(38-32)26(21-34)23-35-24(2)3/h7-8,20-24,28H,6,9-19,34H2,1-5H3,(H,36,37,38). The average Bonchev–Trinajstić information content (AvgIpc) is 2.98. The summed E-state index contributed by atoms with van der Waals surface area (Å²) in [5.41, 5.74) is 9.40. The first kappa shape index (κ1) is 31.8. The number of nitrogens with two attached hydrogens (primary N) is 1. The summed E-state index contributed by atoms with van der Waals surface area (Å²) in [6, 6.07) is 5.96. The van der Waals surface area contributed by atoms with E-state index in [4.69, 9.17) is 5.73 Å². The summed E-state index contributed by atoms with van der Waals surface area (Å²) in [5, 5.41) is 3.15. The van der Waals surface area contributed by atoms with Crippen LogP contribution in [0.3, 0.4) is 0 Å². The van der Waals surface area contributed by atoms with Gasteiger partial charge in [0.15, 0.2) is 0 Å². The van der Waals surface area contributed by atoms with E-state index < -0.39 is 0 Å². The molecule has 3 heterocycles. The molecule has 0 aliphatic carbocycles. The summed E-state index contributed by atoms with van der Waals surface area (Å²) < 4.78 is 15.3. The lowest BCUT2D eigenvalue weighted by Gasteiger charge is -2.39. The van der Waals surface area contributed by atoms with E-state index in [2.05, 4.69) is 53.8 Å². The van der Waals surface area contributed by atoms with Gasteiger partial charge in [-0.2, -0.15) is 0 Å². The Morgan fingerprint density at radius 2 is 1.83 bits per heavy atom. The number of nitrogens with one attached hydrogen (secondary N) is 1. The van der Waals surface area contributed by atoms with Crippen LogP contribution < -0.4 is 16.0 Å². The molecule has 9 nitrogen and oxygen atoms in total. The maximum Gasteiger partial charge on any atom is 0.227 e. The normalized spacial score (nSPS) is 18.1. The van der Waals surface area contributed by atoms with Gasteiger partial charge in [0.25, 0.3) is 0 Å². The van der Waals surface area contributed by atoms with Crippen molar-refractivity contribution in [2.45, 2.75) is 59.0 Å². The highest BCUT2D eigenvalue weighted by Gasteiger charge is 2.25. The number of hydrogen-bond acceptors (Lipinski definition) is 9. The molecule has 3 N–H and O–H groups in total. The Morgan fingerprint density at radius 1 is 1.14 bits per heavy atom. The van der Waals surface area contributed by atoms with Crippen molar-refractivity contribution in [2.75, 3.05) is 76.2 Å². The summed E-state index contributed by atoms with van der Waals surface area (Å²) in [6.07, 6.45) is 8.27. The third-order valence-electron chi connectivity index (χ3n) is 8.34. The maximum atomic E-state index is 15.3. The summed E-state index contributed by atoms with van der Waals surface area (Å²) in [5.74, 6) is 0.139. The minimum Gasteiger partial charge on any atom is -0.404 e. The fraction of sp³-hybridized carbons (Fsp3) is 0.594. The van der Waals surface area contributed by atoms with Crippen LogP contribution in [0.25, 0.3) is 5.57 Å². The first-order valence-corrected chi connectivity index (χ1v) is 15.5. The van der Waals surface area contributed by atoms with E-state index in [1.807, 2.05) is 32.9 Å². The minimum absolute atomic E-state index is 0.148. The van der Waals surface area contributed by atoms with Gasteiger partial charge < -0.3 is 25.8 Å². The van der Waals surface area contributed by atoms with Crippen molar-refractivity contribution in [2.24, 2.45) is 10.7 Å². The highest BCUT2D eigenvalue weighted by atomic mass is 19.1. The SMILES string of the molecule is CCCN1CCN(CCN(C)C2CCN(c3ccc(Nc4ncc(C)c(C(C=NC(C)C)=CN)n4)cc3F)CC2)CC1. The number of halogens is 1. The molecule has 0 atom stereocenters. The molecular weight excluding hydrogens is 529 g/mol. The molecule has 1 aromatic carbocycles. The number of benzene rings is 1. The number of piperidine rings is 1. The van der Waals surface area contributed by atoms with Crippen molar-refractivity contribution >= 4 is 29.1 Å². The topological polar surface area (TPSA) is 89.2 Å². The minimum atomic E-state index is -0.243. The van der Waals surface area contributed by atoms with Crippen LogP contribution in [0.1, 0.15) is 51.3 Å². The Morgan fingerprint density at radius 3 is 2.45 bits per heavy atom. The monoisotopic (exact) mass is 579 g/mol. The first-order valence-electron chi connectivity index (χ1n) is 15.5. The van der Waals surface area contributed by atoms with Crippen molar-refractivity contribution in [3.05, 3.63) is 47.7 Å². The van der Waals surface area contributed by atoms with Gasteiger partial charge in [0.05, 0.1) is 11.4 Å². The number of nitrogens with zero attached hydrogens (tertiary/aromatic N) is 7. The largest absolute Gasteiger partial charge is 0.404 e. The van der Waals surface area contributed by atoms with Crippen LogP contribution in [-0.4, -0.2) is 109 Å². The zero-order valence-corrected chi connectivity index (χ0v) is 26.2. The zero-order valence-electron chi connectivity index (χ0n) is 26.2. The molecule has 230 valence electrons. The van der Waals surface area contributed by atoms with E-state index in [0.717, 1.165) is 44.6 Å². The maximum absolute atomic E-state index is 15.3. The number of aromatic nitrogens is 2. The van der Waals surface area contributed by atoms with Crippen molar-refractivity contribution in [3.63, 3.8) is 0 Å². The van der Waals surface area contributed by atoms with E-state index in [9.17, 15) is 0 Å². The Hall–Kier alpha value is -3.08. The summed E-state index contributed by atoms with van der Waals surface area (Å²) in [7, 11) is 2.25. The molecule has 0 bridgehead atoms. The number of rotatable bonds is 12.